The second-order valence-electron chi connectivity index (χ2n) is 3.77. The molecule has 1 aromatic heterocycles. The Morgan fingerprint density at radius 3 is 2.55 bits per heavy atom. The molecule has 6 nitrogen and oxygen atoms in total. The lowest BCUT2D eigenvalue weighted by Crippen LogP contribution is -2.05. The number of nitrogens with zero attached hydrogens (tertiary/aromatic N) is 3. The molecule has 4 N–H and O–H groups in total. The molecule has 0 aliphatic carbocycles. The van der Waals surface area contributed by atoms with Gasteiger partial charge in [0.05, 0.1) is 17.8 Å². The summed E-state index contributed by atoms with van der Waals surface area (Å²) in [6.07, 6.45) is 0. The van der Waals surface area contributed by atoms with Crippen molar-refractivity contribution in [1.82, 2.24) is 9.97 Å². The summed E-state index contributed by atoms with van der Waals surface area (Å²) in [7, 11) is 1.44. The molecule has 1 aromatic carbocycles. The number of hydrogen-bond donors (Lipinski definition) is 2. The van der Waals surface area contributed by atoms with Gasteiger partial charge in [-0.3, -0.25) is 0 Å². The first kappa shape index (κ1) is 14.2. The second kappa shape index (κ2) is 5.41. The first-order chi connectivity index (χ1) is 9.47. The van der Waals surface area contributed by atoms with Crippen LogP contribution in [0.5, 0.6) is 5.75 Å². The van der Waals surface area contributed by atoms with E-state index in [0.717, 1.165) is 0 Å². The molecule has 0 aliphatic rings. The van der Waals surface area contributed by atoms with Crippen LogP contribution in [0.1, 0.15) is 5.56 Å². The fraction of sp³-hybridized carbons (Fsp3) is 0.0833. The number of nitrogen functional groups attached to an aromatic ring is 2. The van der Waals surface area contributed by atoms with Crippen LogP contribution in [0.25, 0.3) is 11.3 Å². The van der Waals surface area contributed by atoms with E-state index in [4.69, 9.17) is 39.4 Å². The maximum absolute atomic E-state index is 9.20. The maximum Gasteiger partial charge on any atom is 0.222 e. The number of hydrogen-bond acceptors (Lipinski definition) is 6. The van der Waals surface area contributed by atoms with Gasteiger partial charge in [0.25, 0.3) is 0 Å². The van der Waals surface area contributed by atoms with Gasteiger partial charge in [0.2, 0.25) is 5.95 Å². The molecule has 8 heteroatoms. The van der Waals surface area contributed by atoms with Crippen molar-refractivity contribution >= 4 is 35.0 Å². The summed E-state index contributed by atoms with van der Waals surface area (Å²) in [4.78, 5) is 7.78. The van der Waals surface area contributed by atoms with Crippen LogP contribution in [0.4, 0.5) is 11.8 Å². The topological polar surface area (TPSA) is 111 Å². The summed E-state index contributed by atoms with van der Waals surface area (Å²) in [5, 5.41) is 9.85. The van der Waals surface area contributed by atoms with Crippen LogP contribution >= 0.6 is 23.2 Å². The standard InChI is InChI=1S/C12H9Cl2N5O/c1-20-10-6(2-5(13)3-8(10)14)9-7(4-15)11(16)19-12(17)18-9/h2-3H,1H3,(H4,16,17,18,19). The monoisotopic (exact) mass is 309 g/mol. The Morgan fingerprint density at radius 1 is 1.25 bits per heavy atom. The molecule has 0 unspecified atom stereocenters. The maximum atomic E-state index is 9.20. The Morgan fingerprint density at radius 2 is 1.95 bits per heavy atom. The summed E-state index contributed by atoms with van der Waals surface area (Å²) in [5.74, 6) is 0.243. The molecule has 0 fully saturated rings. The summed E-state index contributed by atoms with van der Waals surface area (Å²) < 4.78 is 5.22. The molecule has 20 heavy (non-hydrogen) atoms. The highest BCUT2D eigenvalue weighted by atomic mass is 35.5. The van der Waals surface area contributed by atoms with Crippen LogP contribution in [0, 0.1) is 11.3 Å². The smallest absolute Gasteiger partial charge is 0.222 e. The van der Waals surface area contributed by atoms with Gasteiger partial charge in [-0.2, -0.15) is 10.2 Å². The number of halogens is 2. The molecular weight excluding hydrogens is 301 g/mol. The lowest BCUT2D eigenvalue weighted by molar-refractivity contribution is 0.416. The fourth-order valence-corrected chi connectivity index (χ4v) is 2.32. The Labute approximate surface area is 124 Å². The predicted octanol–water partition coefficient (Wildman–Crippen LogP) is 2.50. The third-order valence-corrected chi connectivity index (χ3v) is 3.03. The van der Waals surface area contributed by atoms with E-state index in [1.54, 1.807) is 6.07 Å². The third-order valence-electron chi connectivity index (χ3n) is 2.53. The number of ether oxygens (including phenoxy) is 1. The molecule has 1 heterocycles. The van der Waals surface area contributed by atoms with Gasteiger partial charge in [-0.15, -0.1) is 0 Å². The molecule has 0 saturated carbocycles. The van der Waals surface area contributed by atoms with Gasteiger partial charge in [-0.25, -0.2) is 4.98 Å². The summed E-state index contributed by atoms with van der Waals surface area (Å²) in [6.45, 7) is 0. The molecule has 0 atom stereocenters. The normalized spacial score (nSPS) is 10.1. The number of aromatic nitrogens is 2. The fourth-order valence-electron chi connectivity index (χ4n) is 1.74. The molecule has 0 saturated heterocycles. The summed E-state index contributed by atoms with van der Waals surface area (Å²) >= 11 is 12.0. The molecule has 2 rings (SSSR count). The van der Waals surface area contributed by atoms with Crippen molar-refractivity contribution in [1.29, 1.82) is 5.26 Å². The lowest BCUT2D eigenvalue weighted by atomic mass is 10.1. The van der Waals surface area contributed by atoms with Crippen molar-refractivity contribution < 1.29 is 4.74 Å². The highest BCUT2D eigenvalue weighted by Crippen LogP contribution is 2.40. The van der Waals surface area contributed by atoms with Gasteiger partial charge in [-0.05, 0) is 12.1 Å². The van der Waals surface area contributed by atoms with Gasteiger partial charge in [0, 0.05) is 10.6 Å². The zero-order valence-corrected chi connectivity index (χ0v) is 11.8. The second-order valence-corrected chi connectivity index (χ2v) is 4.61. The predicted molar refractivity (Wildman–Crippen MR) is 77.6 cm³/mol. The van der Waals surface area contributed by atoms with E-state index in [-0.39, 0.29) is 28.0 Å². The van der Waals surface area contributed by atoms with E-state index in [9.17, 15) is 5.26 Å². The Kier molecular flexibility index (Phi) is 3.84. The van der Waals surface area contributed by atoms with Gasteiger partial charge < -0.3 is 16.2 Å². The van der Waals surface area contributed by atoms with Gasteiger partial charge in [0.15, 0.2) is 0 Å². The Balaban J connectivity index is 2.85. The van der Waals surface area contributed by atoms with Crippen LogP contribution in [0.3, 0.4) is 0 Å². The molecule has 0 spiro atoms. The molecule has 2 aromatic rings. The molecule has 0 bridgehead atoms. The van der Waals surface area contributed by atoms with Crippen molar-refractivity contribution in [2.45, 2.75) is 0 Å². The first-order valence-corrected chi connectivity index (χ1v) is 6.10. The van der Waals surface area contributed by atoms with Crippen molar-refractivity contribution in [3.05, 3.63) is 27.7 Å². The van der Waals surface area contributed by atoms with E-state index in [1.165, 1.54) is 13.2 Å². The molecule has 0 amide bonds. The zero-order chi connectivity index (χ0) is 14.9. The summed E-state index contributed by atoms with van der Waals surface area (Å²) in [6, 6.07) is 5.02. The van der Waals surface area contributed by atoms with Crippen LogP contribution in [0.15, 0.2) is 12.1 Å². The number of methoxy groups -OCH3 is 1. The molecular formula is C12H9Cl2N5O. The average Bonchev–Trinajstić information content (AvgIpc) is 2.37. The van der Waals surface area contributed by atoms with Crippen LogP contribution in [-0.4, -0.2) is 17.1 Å². The number of benzene rings is 1. The van der Waals surface area contributed by atoms with E-state index in [0.29, 0.717) is 16.3 Å². The van der Waals surface area contributed by atoms with E-state index in [1.807, 2.05) is 6.07 Å². The van der Waals surface area contributed by atoms with Crippen LogP contribution < -0.4 is 16.2 Å². The Bertz CT molecular complexity index is 727. The molecule has 102 valence electrons. The molecule has 0 radical (unpaired) electrons. The van der Waals surface area contributed by atoms with Gasteiger partial charge >= 0.3 is 0 Å². The van der Waals surface area contributed by atoms with E-state index in [2.05, 4.69) is 9.97 Å². The quantitative estimate of drug-likeness (QED) is 0.881. The van der Waals surface area contributed by atoms with E-state index >= 15 is 0 Å². The lowest BCUT2D eigenvalue weighted by Gasteiger charge is -2.12. The first-order valence-electron chi connectivity index (χ1n) is 5.34. The number of rotatable bonds is 2. The average molecular weight is 310 g/mol. The highest BCUT2D eigenvalue weighted by molar-refractivity contribution is 6.36. The SMILES string of the molecule is COc1c(Cl)cc(Cl)cc1-c1nc(N)nc(N)c1C#N. The van der Waals surface area contributed by atoms with Crippen molar-refractivity contribution in [2.24, 2.45) is 0 Å². The minimum atomic E-state index is -0.0605. The van der Waals surface area contributed by atoms with Gasteiger partial charge in [0.1, 0.15) is 23.2 Å². The van der Waals surface area contributed by atoms with Crippen molar-refractivity contribution in [2.75, 3.05) is 18.6 Å². The van der Waals surface area contributed by atoms with Crippen molar-refractivity contribution in [3.63, 3.8) is 0 Å². The largest absolute Gasteiger partial charge is 0.494 e. The number of anilines is 2. The van der Waals surface area contributed by atoms with E-state index < -0.39 is 0 Å². The number of nitrogens with two attached hydrogens (primary N) is 2. The zero-order valence-electron chi connectivity index (χ0n) is 10.3. The minimum Gasteiger partial charge on any atom is -0.494 e. The highest BCUT2D eigenvalue weighted by Gasteiger charge is 2.19. The van der Waals surface area contributed by atoms with Crippen molar-refractivity contribution in [3.8, 4) is 23.1 Å². The van der Waals surface area contributed by atoms with Gasteiger partial charge in [-0.1, -0.05) is 23.2 Å². The third kappa shape index (κ3) is 2.41. The summed E-state index contributed by atoms with van der Waals surface area (Å²) in [5.41, 5.74) is 12.0. The van der Waals surface area contributed by atoms with Crippen LogP contribution in [0.2, 0.25) is 10.0 Å². The molecule has 0 aliphatic heterocycles. The minimum absolute atomic E-state index is 0.0202. The number of nitriles is 1. The Hall–Kier alpha value is -2.23. The van der Waals surface area contributed by atoms with Crippen LogP contribution in [-0.2, 0) is 0 Å².